The fraction of sp³-hybridized carbons (Fsp3) is 0.875. The van der Waals surface area contributed by atoms with Crippen LogP contribution in [-0.4, -0.2) is 56.0 Å². The van der Waals surface area contributed by atoms with Crippen molar-refractivity contribution in [3.05, 3.63) is 0 Å². The lowest BCUT2D eigenvalue weighted by Crippen LogP contribution is -2.42. The molecule has 0 heterocycles. The molecule has 78 valence electrons. The molecule has 5 nitrogen and oxygen atoms in total. The molecule has 2 amide bonds. The molecule has 0 spiro atoms. The Hall–Kier alpha value is -0.810. The van der Waals surface area contributed by atoms with Crippen molar-refractivity contribution in [2.24, 2.45) is 0 Å². The maximum atomic E-state index is 11.1. The summed E-state index contributed by atoms with van der Waals surface area (Å²) in [5, 5.41) is 11.9. The van der Waals surface area contributed by atoms with Gasteiger partial charge in [-0.25, -0.2) is 4.79 Å². The summed E-state index contributed by atoms with van der Waals surface area (Å²) in [5.41, 5.74) is 0. The number of urea groups is 1. The van der Waals surface area contributed by atoms with Crippen LogP contribution in [0.25, 0.3) is 0 Å². The molecule has 0 radical (unpaired) electrons. The van der Waals surface area contributed by atoms with Crippen LogP contribution in [0.5, 0.6) is 0 Å². The lowest BCUT2D eigenvalue weighted by atomic mass is 10.3. The Morgan fingerprint density at radius 3 is 2.77 bits per heavy atom. The lowest BCUT2D eigenvalue weighted by Gasteiger charge is -2.20. The number of carbonyl (C=O) groups is 1. The van der Waals surface area contributed by atoms with Gasteiger partial charge < -0.3 is 20.1 Å². The number of carbonyl (C=O) groups excluding carboxylic acids is 1. The maximum Gasteiger partial charge on any atom is 0.317 e. The zero-order chi connectivity index (χ0) is 10.3. The van der Waals surface area contributed by atoms with Crippen molar-refractivity contribution in [3.63, 3.8) is 0 Å². The van der Waals surface area contributed by atoms with Gasteiger partial charge in [-0.05, 0) is 6.92 Å². The Labute approximate surface area is 78.7 Å². The first kappa shape index (κ1) is 12.2. The van der Waals surface area contributed by atoms with Gasteiger partial charge in [-0.1, -0.05) is 0 Å². The van der Waals surface area contributed by atoms with Crippen molar-refractivity contribution in [2.45, 2.75) is 13.0 Å². The number of hydrogen-bond donors (Lipinski definition) is 2. The topological polar surface area (TPSA) is 61.8 Å². The summed E-state index contributed by atoms with van der Waals surface area (Å²) in [7, 11) is 3.14. The number of methoxy groups -OCH3 is 1. The molecule has 0 aromatic carbocycles. The summed E-state index contributed by atoms with van der Waals surface area (Å²) in [4.78, 5) is 12.6. The van der Waals surface area contributed by atoms with Gasteiger partial charge in [0.1, 0.15) is 0 Å². The highest BCUT2D eigenvalue weighted by atomic mass is 16.5. The quantitative estimate of drug-likeness (QED) is 0.623. The van der Waals surface area contributed by atoms with E-state index >= 15 is 0 Å². The van der Waals surface area contributed by atoms with E-state index in [1.165, 1.54) is 12.0 Å². The maximum absolute atomic E-state index is 11.1. The minimum Gasteiger partial charge on any atom is -0.389 e. The Bertz CT molecular complexity index is 152. The Morgan fingerprint density at radius 1 is 1.69 bits per heavy atom. The summed E-state index contributed by atoms with van der Waals surface area (Å²) < 4.78 is 4.74. The first-order valence-electron chi connectivity index (χ1n) is 4.27. The number of amides is 2. The van der Waals surface area contributed by atoms with Crippen LogP contribution in [0.15, 0.2) is 0 Å². The minimum atomic E-state index is -0.627. The van der Waals surface area contributed by atoms with Crippen molar-refractivity contribution in [1.82, 2.24) is 10.2 Å². The van der Waals surface area contributed by atoms with Crippen molar-refractivity contribution >= 4 is 6.03 Å². The molecule has 0 saturated heterocycles. The molecule has 0 aromatic rings. The average molecular weight is 190 g/mol. The normalized spacial score (nSPS) is 12.3. The van der Waals surface area contributed by atoms with Gasteiger partial charge >= 0.3 is 6.03 Å². The van der Waals surface area contributed by atoms with E-state index in [2.05, 4.69) is 5.32 Å². The predicted molar refractivity (Wildman–Crippen MR) is 49.6 cm³/mol. The number of nitrogens with one attached hydrogen (secondary N) is 1. The van der Waals surface area contributed by atoms with E-state index in [0.29, 0.717) is 6.54 Å². The highest BCUT2D eigenvalue weighted by Gasteiger charge is 2.11. The average Bonchev–Trinajstić information content (AvgIpc) is 2.05. The number of rotatable bonds is 5. The Kier molecular flexibility index (Phi) is 6.26. The largest absolute Gasteiger partial charge is 0.389 e. The highest BCUT2D eigenvalue weighted by molar-refractivity contribution is 5.73. The number of nitrogens with zero attached hydrogens (tertiary/aromatic N) is 1. The summed E-state index contributed by atoms with van der Waals surface area (Å²) >= 11 is 0. The second kappa shape index (κ2) is 6.68. The van der Waals surface area contributed by atoms with Crippen LogP contribution >= 0.6 is 0 Å². The van der Waals surface area contributed by atoms with Crippen LogP contribution < -0.4 is 5.32 Å². The number of ether oxygens (including phenoxy) is 1. The van der Waals surface area contributed by atoms with Crippen molar-refractivity contribution in [3.8, 4) is 0 Å². The van der Waals surface area contributed by atoms with Crippen LogP contribution in [0.4, 0.5) is 4.79 Å². The fourth-order valence-corrected chi connectivity index (χ4v) is 0.930. The summed E-state index contributed by atoms with van der Waals surface area (Å²) in [5.74, 6) is 0. The minimum absolute atomic E-state index is 0.183. The van der Waals surface area contributed by atoms with E-state index < -0.39 is 6.10 Å². The van der Waals surface area contributed by atoms with Gasteiger partial charge in [0.15, 0.2) is 0 Å². The fourth-order valence-electron chi connectivity index (χ4n) is 0.930. The standard InChI is InChI=1S/C8H18N2O3/c1-4-9-8(12)10(2)5-7(11)6-13-3/h7,11H,4-6H2,1-3H3,(H,9,12). The summed E-state index contributed by atoms with van der Waals surface area (Å²) in [6, 6.07) is -0.183. The van der Waals surface area contributed by atoms with Crippen molar-refractivity contribution < 1.29 is 14.6 Å². The molecule has 0 saturated carbocycles. The third kappa shape index (κ3) is 5.43. The van der Waals surface area contributed by atoms with E-state index in [1.807, 2.05) is 6.92 Å². The second-order valence-electron chi connectivity index (χ2n) is 2.83. The van der Waals surface area contributed by atoms with Gasteiger partial charge in [0.25, 0.3) is 0 Å². The third-order valence-corrected chi connectivity index (χ3v) is 1.52. The van der Waals surface area contributed by atoms with Crippen LogP contribution in [0.3, 0.4) is 0 Å². The number of likely N-dealkylation sites (N-methyl/N-ethyl adjacent to an activating group) is 1. The van der Waals surface area contributed by atoms with Crippen LogP contribution in [0, 0.1) is 0 Å². The van der Waals surface area contributed by atoms with Crippen molar-refractivity contribution in [1.29, 1.82) is 0 Å². The molecular weight excluding hydrogens is 172 g/mol. The van der Waals surface area contributed by atoms with Gasteiger partial charge in [-0.2, -0.15) is 0 Å². The van der Waals surface area contributed by atoms with Gasteiger partial charge in [-0.15, -0.1) is 0 Å². The molecule has 0 rings (SSSR count). The third-order valence-electron chi connectivity index (χ3n) is 1.52. The lowest BCUT2D eigenvalue weighted by molar-refractivity contribution is 0.0490. The van der Waals surface area contributed by atoms with Crippen LogP contribution in [0.2, 0.25) is 0 Å². The molecule has 1 atom stereocenters. The molecule has 5 heteroatoms. The van der Waals surface area contributed by atoms with E-state index in [4.69, 9.17) is 4.74 Å². The summed E-state index contributed by atoms with van der Waals surface area (Å²) in [6.07, 6.45) is -0.627. The van der Waals surface area contributed by atoms with E-state index in [9.17, 15) is 9.90 Å². The zero-order valence-electron chi connectivity index (χ0n) is 8.41. The molecular formula is C8H18N2O3. The number of hydrogen-bond acceptors (Lipinski definition) is 3. The van der Waals surface area contributed by atoms with Crippen molar-refractivity contribution in [2.75, 3.05) is 33.9 Å². The molecule has 1 unspecified atom stereocenters. The molecule has 0 aromatic heterocycles. The number of aliphatic hydroxyl groups is 1. The number of aliphatic hydroxyl groups excluding tert-OH is 1. The summed E-state index contributed by atoms with van der Waals surface area (Å²) in [6.45, 7) is 2.95. The molecule has 2 N–H and O–H groups in total. The van der Waals surface area contributed by atoms with Crippen LogP contribution in [0.1, 0.15) is 6.92 Å². The Morgan fingerprint density at radius 2 is 2.31 bits per heavy atom. The first-order chi connectivity index (χ1) is 6.11. The molecule has 0 fully saturated rings. The first-order valence-corrected chi connectivity index (χ1v) is 4.27. The molecule has 0 bridgehead atoms. The molecule has 13 heavy (non-hydrogen) atoms. The molecule has 0 aliphatic rings. The zero-order valence-corrected chi connectivity index (χ0v) is 8.41. The molecule has 0 aliphatic carbocycles. The van der Waals surface area contributed by atoms with Gasteiger partial charge in [0.05, 0.1) is 19.3 Å². The highest BCUT2D eigenvalue weighted by Crippen LogP contribution is 1.90. The van der Waals surface area contributed by atoms with E-state index in [0.717, 1.165) is 0 Å². The monoisotopic (exact) mass is 190 g/mol. The Balaban J connectivity index is 3.71. The van der Waals surface area contributed by atoms with Crippen LogP contribution in [-0.2, 0) is 4.74 Å². The SMILES string of the molecule is CCNC(=O)N(C)CC(O)COC. The van der Waals surface area contributed by atoms with Gasteiger partial charge in [0, 0.05) is 20.7 Å². The van der Waals surface area contributed by atoms with Gasteiger partial charge in [0.2, 0.25) is 0 Å². The van der Waals surface area contributed by atoms with E-state index in [-0.39, 0.29) is 19.2 Å². The smallest absolute Gasteiger partial charge is 0.317 e. The molecule has 0 aliphatic heterocycles. The van der Waals surface area contributed by atoms with E-state index in [1.54, 1.807) is 7.05 Å². The predicted octanol–water partition coefficient (Wildman–Crippen LogP) is -0.345. The second-order valence-corrected chi connectivity index (χ2v) is 2.83. The van der Waals surface area contributed by atoms with Gasteiger partial charge in [-0.3, -0.25) is 0 Å².